The molecule has 126 valence electrons. The molecule has 0 aliphatic heterocycles. The lowest BCUT2D eigenvalue weighted by atomic mass is 10.2. The number of amides is 2. The van der Waals surface area contributed by atoms with E-state index in [1.807, 2.05) is 0 Å². The Morgan fingerprint density at radius 2 is 1.83 bits per heavy atom. The van der Waals surface area contributed by atoms with Gasteiger partial charge in [-0.15, -0.1) is 0 Å². The summed E-state index contributed by atoms with van der Waals surface area (Å²) in [5.74, 6) is 0.614. The maximum Gasteiger partial charge on any atom is 0.262 e. The summed E-state index contributed by atoms with van der Waals surface area (Å²) in [6.45, 7) is 2.07. The predicted octanol–water partition coefficient (Wildman–Crippen LogP) is 2.44. The molecule has 0 saturated carbocycles. The van der Waals surface area contributed by atoms with Crippen LogP contribution in [0.2, 0.25) is 0 Å². The van der Waals surface area contributed by atoms with Gasteiger partial charge in [0.2, 0.25) is 5.91 Å². The van der Waals surface area contributed by atoms with Gasteiger partial charge in [0.1, 0.15) is 0 Å². The van der Waals surface area contributed by atoms with Gasteiger partial charge in [0, 0.05) is 12.5 Å². The third-order valence-corrected chi connectivity index (χ3v) is 3.17. The molecule has 0 heterocycles. The van der Waals surface area contributed by atoms with Gasteiger partial charge in [-0.2, -0.15) is 0 Å². The zero-order valence-electron chi connectivity index (χ0n) is 13.8. The van der Waals surface area contributed by atoms with Gasteiger partial charge in [-0.25, -0.2) is 0 Å². The van der Waals surface area contributed by atoms with E-state index in [1.165, 1.54) is 6.08 Å². The van der Waals surface area contributed by atoms with Crippen LogP contribution in [0.1, 0.15) is 38.2 Å². The average Bonchev–Trinajstić information content (AvgIpc) is 2.58. The minimum Gasteiger partial charge on any atom is -0.493 e. The second-order valence-corrected chi connectivity index (χ2v) is 4.94. The summed E-state index contributed by atoms with van der Waals surface area (Å²) in [4.78, 5) is 23.1. The fourth-order valence-electron chi connectivity index (χ4n) is 1.90. The van der Waals surface area contributed by atoms with Gasteiger partial charge in [0.25, 0.3) is 5.91 Å². The molecule has 6 heteroatoms. The van der Waals surface area contributed by atoms with E-state index in [0.717, 1.165) is 24.8 Å². The van der Waals surface area contributed by atoms with Crippen molar-refractivity contribution >= 4 is 17.9 Å². The molecule has 0 unspecified atom stereocenters. The highest BCUT2D eigenvalue weighted by Gasteiger charge is 2.04. The van der Waals surface area contributed by atoms with Gasteiger partial charge in [-0.1, -0.05) is 25.8 Å². The van der Waals surface area contributed by atoms with Gasteiger partial charge in [-0.05, 0) is 30.2 Å². The average molecular weight is 320 g/mol. The molecule has 0 aliphatic rings. The van der Waals surface area contributed by atoms with Gasteiger partial charge < -0.3 is 9.47 Å². The van der Waals surface area contributed by atoms with E-state index >= 15 is 0 Å². The Bertz CT molecular complexity index is 556. The van der Waals surface area contributed by atoms with Crippen molar-refractivity contribution in [1.82, 2.24) is 10.9 Å². The SMILES string of the molecule is CCCCCC(=O)NNC(=O)/C=C/c1ccc(OC)c(OC)c1. The van der Waals surface area contributed by atoms with E-state index in [2.05, 4.69) is 17.8 Å². The highest BCUT2D eigenvalue weighted by Crippen LogP contribution is 2.27. The molecule has 2 N–H and O–H groups in total. The Morgan fingerprint density at radius 1 is 1.09 bits per heavy atom. The van der Waals surface area contributed by atoms with Crippen LogP contribution < -0.4 is 20.3 Å². The van der Waals surface area contributed by atoms with Crippen molar-refractivity contribution in [3.63, 3.8) is 0 Å². The Morgan fingerprint density at radius 3 is 2.48 bits per heavy atom. The van der Waals surface area contributed by atoms with Crippen LogP contribution in [0.4, 0.5) is 0 Å². The van der Waals surface area contributed by atoms with Crippen LogP contribution in [-0.4, -0.2) is 26.0 Å². The van der Waals surface area contributed by atoms with Crippen LogP contribution in [0, 0.1) is 0 Å². The summed E-state index contributed by atoms with van der Waals surface area (Å²) in [7, 11) is 3.11. The second kappa shape index (κ2) is 10.3. The number of carbonyl (C=O) groups is 2. The summed E-state index contributed by atoms with van der Waals surface area (Å²) >= 11 is 0. The minimum atomic E-state index is -0.399. The van der Waals surface area contributed by atoms with Gasteiger partial charge in [-0.3, -0.25) is 20.4 Å². The number of benzene rings is 1. The van der Waals surface area contributed by atoms with Crippen molar-refractivity contribution < 1.29 is 19.1 Å². The lowest BCUT2D eigenvalue weighted by Gasteiger charge is -2.07. The molecule has 1 aromatic carbocycles. The molecule has 0 bridgehead atoms. The van der Waals surface area contributed by atoms with Gasteiger partial charge in [0.15, 0.2) is 11.5 Å². The van der Waals surface area contributed by atoms with E-state index in [0.29, 0.717) is 17.9 Å². The van der Waals surface area contributed by atoms with Crippen molar-refractivity contribution in [2.75, 3.05) is 14.2 Å². The molecular formula is C17H24N2O4. The lowest BCUT2D eigenvalue weighted by molar-refractivity contribution is -0.126. The number of hydrazine groups is 1. The summed E-state index contributed by atoms with van der Waals surface area (Å²) in [6.07, 6.45) is 6.25. The monoisotopic (exact) mass is 320 g/mol. The molecule has 1 aromatic rings. The Balaban J connectivity index is 2.47. The highest BCUT2D eigenvalue weighted by molar-refractivity contribution is 5.93. The van der Waals surface area contributed by atoms with Gasteiger partial charge in [0.05, 0.1) is 14.2 Å². The van der Waals surface area contributed by atoms with E-state index in [1.54, 1.807) is 38.5 Å². The van der Waals surface area contributed by atoms with E-state index in [9.17, 15) is 9.59 Å². The van der Waals surface area contributed by atoms with E-state index < -0.39 is 5.91 Å². The van der Waals surface area contributed by atoms with Crippen LogP contribution in [0.5, 0.6) is 11.5 Å². The number of methoxy groups -OCH3 is 2. The van der Waals surface area contributed by atoms with E-state index in [-0.39, 0.29) is 5.91 Å². The Kier molecular flexibility index (Phi) is 8.28. The molecule has 0 radical (unpaired) electrons. The number of rotatable bonds is 8. The van der Waals surface area contributed by atoms with E-state index in [4.69, 9.17) is 9.47 Å². The zero-order valence-corrected chi connectivity index (χ0v) is 13.8. The minimum absolute atomic E-state index is 0.189. The summed E-state index contributed by atoms with van der Waals surface area (Å²) in [6, 6.07) is 5.31. The number of carbonyl (C=O) groups excluding carboxylic acids is 2. The van der Waals surface area contributed by atoms with Crippen molar-refractivity contribution in [3.8, 4) is 11.5 Å². The number of hydrogen-bond acceptors (Lipinski definition) is 4. The van der Waals surface area contributed by atoms with Crippen LogP contribution >= 0.6 is 0 Å². The quantitative estimate of drug-likeness (QED) is 0.438. The lowest BCUT2D eigenvalue weighted by Crippen LogP contribution is -2.40. The summed E-state index contributed by atoms with van der Waals surface area (Å²) < 4.78 is 10.3. The van der Waals surface area contributed by atoms with Crippen LogP contribution in [-0.2, 0) is 9.59 Å². The molecule has 0 aromatic heterocycles. The highest BCUT2D eigenvalue weighted by atomic mass is 16.5. The third-order valence-electron chi connectivity index (χ3n) is 3.17. The molecule has 1 rings (SSSR count). The molecule has 23 heavy (non-hydrogen) atoms. The molecule has 0 saturated heterocycles. The fraction of sp³-hybridized carbons (Fsp3) is 0.412. The van der Waals surface area contributed by atoms with Crippen molar-refractivity contribution in [2.24, 2.45) is 0 Å². The molecule has 6 nitrogen and oxygen atoms in total. The predicted molar refractivity (Wildman–Crippen MR) is 89.0 cm³/mol. The maximum absolute atomic E-state index is 11.7. The smallest absolute Gasteiger partial charge is 0.262 e. The number of ether oxygens (including phenoxy) is 2. The fourth-order valence-corrected chi connectivity index (χ4v) is 1.90. The zero-order chi connectivity index (χ0) is 17.1. The number of nitrogens with one attached hydrogen (secondary N) is 2. The normalized spacial score (nSPS) is 10.4. The first-order chi connectivity index (χ1) is 11.1. The summed E-state index contributed by atoms with van der Waals surface area (Å²) in [5.41, 5.74) is 5.52. The van der Waals surface area contributed by atoms with Gasteiger partial charge >= 0.3 is 0 Å². The second-order valence-electron chi connectivity index (χ2n) is 4.94. The first-order valence-electron chi connectivity index (χ1n) is 7.59. The first kappa shape index (κ1) is 18.5. The largest absolute Gasteiger partial charge is 0.493 e. The molecule has 2 amide bonds. The molecule has 0 aliphatic carbocycles. The van der Waals surface area contributed by atoms with Crippen molar-refractivity contribution in [3.05, 3.63) is 29.8 Å². The third kappa shape index (κ3) is 6.86. The van der Waals surface area contributed by atoms with Crippen molar-refractivity contribution in [1.29, 1.82) is 0 Å². The number of hydrogen-bond donors (Lipinski definition) is 2. The molecule has 0 fully saturated rings. The Hall–Kier alpha value is -2.50. The number of unbranched alkanes of at least 4 members (excludes halogenated alkanes) is 2. The Labute approximate surface area is 136 Å². The topological polar surface area (TPSA) is 76.7 Å². The first-order valence-corrected chi connectivity index (χ1v) is 7.59. The molecule has 0 spiro atoms. The maximum atomic E-state index is 11.7. The van der Waals surface area contributed by atoms with Crippen molar-refractivity contribution in [2.45, 2.75) is 32.6 Å². The molecular weight excluding hydrogens is 296 g/mol. The molecule has 0 atom stereocenters. The van der Waals surface area contributed by atoms with Crippen LogP contribution in [0.15, 0.2) is 24.3 Å². The van der Waals surface area contributed by atoms with Crippen LogP contribution in [0.25, 0.3) is 6.08 Å². The summed E-state index contributed by atoms with van der Waals surface area (Å²) in [5, 5.41) is 0. The standard InChI is InChI=1S/C17H24N2O4/c1-4-5-6-7-16(20)18-19-17(21)11-9-13-8-10-14(22-2)15(12-13)23-3/h8-12H,4-7H2,1-3H3,(H,18,20)(H,19,21)/b11-9+. The van der Waals surface area contributed by atoms with Crippen LogP contribution in [0.3, 0.4) is 0 Å².